The smallest absolute Gasteiger partial charge is 0.302 e. The second kappa shape index (κ2) is 9.03. The molecule has 2 saturated carbocycles. The number of rotatable bonds is 6. The number of fused-ring (bicyclic) bond motifs is 4. The Labute approximate surface area is 215 Å². The minimum absolute atomic E-state index is 0.00962. The molecule has 0 bridgehead atoms. The summed E-state index contributed by atoms with van der Waals surface area (Å²) in [5, 5.41) is 10.3. The Morgan fingerprint density at radius 2 is 1.69 bits per heavy atom. The van der Waals surface area contributed by atoms with Crippen LogP contribution in [-0.2, 0) is 9.53 Å². The zero-order valence-electron chi connectivity index (χ0n) is 23.9. The summed E-state index contributed by atoms with van der Waals surface area (Å²) < 4.78 is 5.86. The molecule has 198 valence electrons. The second-order valence-electron chi connectivity index (χ2n) is 14.2. The summed E-state index contributed by atoms with van der Waals surface area (Å²) >= 11 is 0. The molecule has 0 aliphatic heterocycles. The van der Waals surface area contributed by atoms with Crippen LogP contribution in [0.3, 0.4) is 0 Å². The lowest BCUT2D eigenvalue weighted by Crippen LogP contribution is -2.55. The van der Waals surface area contributed by atoms with Gasteiger partial charge in [0.25, 0.3) is 0 Å². The largest absolute Gasteiger partial charge is 0.462 e. The molecule has 1 N–H and O–H groups in total. The first-order valence-corrected chi connectivity index (χ1v) is 14.4. The normalized spacial score (nSPS) is 41.9. The van der Waals surface area contributed by atoms with E-state index in [-0.39, 0.29) is 34.4 Å². The van der Waals surface area contributed by atoms with Gasteiger partial charge < -0.3 is 9.84 Å². The lowest BCUT2D eigenvalue weighted by Gasteiger charge is -2.62. The zero-order valence-corrected chi connectivity index (χ0v) is 23.9. The van der Waals surface area contributed by atoms with Gasteiger partial charge in [-0.3, -0.25) is 4.79 Å². The third-order valence-electron chi connectivity index (χ3n) is 12.2. The predicted molar refractivity (Wildman–Crippen MR) is 144 cm³/mol. The number of carbonyl (C=O) groups is 1. The van der Waals surface area contributed by atoms with Gasteiger partial charge in [0.15, 0.2) is 0 Å². The monoisotopic (exact) mass is 484 g/mol. The highest BCUT2D eigenvalue weighted by Crippen LogP contribution is 2.72. The van der Waals surface area contributed by atoms with E-state index in [0.717, 1.165) is 37.2 Å². The highest BCUT2D eigenvalue weighted by atomic mass is 16.5. The molecule has 0 spiro atoms. The molecule has 4 aliphatic rings. The summed E-state index contributed by atoms with van der Waals surface area (Å²) in [5.74, 6) is 1.79. The van der Waals surface area contributed by atoms with Crippen LogP contribution in [0.2, 0.25) is 0 Å². The number of allylic oxidation sites excluding steroid dienone is 2. The number of ether oxygens (including phenoxy) is 1. The van der Waals surface area contributed by atoms with Gasteiger partial charge in [-0.05, 0) is 105 Å². The molecule has 8 atom stereocenters. The van der Waals surface area contributed by atoms with E-state index in [2.05, 4.69) is 48.1 Å². The predicted octanol–water partition coefficient (Wildman–Crippen LogP) is 8.02. The summed E-state index contributed by atoms with van der Waals surface area (Å²) in [7, 11) is 0. The van der Waals surface area contributed by atoms with Crippen LogP contribution in [0.15, 0.2) is 23.3 Å². The van der Waals surface area contributed by atoms with Crippen molar-refractivity contribution in [1.82, 2.24) is 0 Å². The van der Waals surface area contributed by atoms with Crippen molar-refractivity contribution in [3.63, 3.8) is 0 Å². The molecule has 2 fully saturated rings. The SMILES string of the molecule is C=C(C)[C@@H](O)CC[C@@H](C)[C@H]1CC[C@@]2(C)C3=C(CC[C@]12C)[C@@]1(C)CC[C@H](OC(C)=O)C(C)(C)[C@@H]1CC3. The van der Waals surface area contributed by atoms with Crippen LogP contribution in [0.4, 0.5) is 0 Å². The Balaban J connectivity index is 1.61. The van der Waals surface area contributed by atoms with Crippen LogP contribution in [0.25, 0.3) is 0 Å². The number of hydrogen-bond donors (Lipinski definition) is 1. The standard InChI is InChI=1S/C32H52O3/c1-20(2)26(34)12-10-21(3)23-14-18-32(9)25-11-13-27-29(5,6)28(35-22(4)33)16-17-30(27,7)24(25)15-19-31(23,32)8/h21,23,26-28,34H,1,10-19H2,2-9H3/t21-,23-,26+,27+,28+,30-,31-,32+/m1/s1. The third-order valence-corrected chi connectivity index (χ3v) is 12.2. The minimum atomic E-state index is -0.362. The molecule has 0 aromatic heterocycles. The fourth-order valence-corrected chi connectivity index (χ4v) is 9.90. The summed E-state index contributed by atoms with van der Waals surface area (Å²) in [4.78, 5) is 11.8. The van der Waals surface area contributed by atoms with Crippen molar-refractivity contribution in [3.05, 3.63) is 23.3 Å². The van der Waals surface area contributed by atoms with Gasteiger partial charge in [-0.1, -0.05) is 64.8 Å². The van der Waals surface area contributed by atoms with E-state index in [1.165, 1.54) is 38.5 Å². The quantitative estimate of drug-likeness (QED) is 0.307. The lowest BCUT2D eigenvalue weighted by atomic mass is 9.43. The van der Waals surface area contributed by atoms with Crippen LogP contribution in [0, 0.1) is 39.4 Å². The molecule has 3 nitrogen and oxygen atoms in total. The second-order valence-corrected chi connectivity index (χ2v) is 14.2. The molecule has 0 amide bonds. The van der Waals surface area contributed by atoms with Crippen LogP contribution < -0.4 is 0 Å². The molecule has 4 rings (SSSR count). The van der Waals surface area contributed by atoms with Crippen LogP contribution >= 0.6 is 0 Å². The van der Waals surface area contributed by atoms with Crippen molar-refractivity contribution in [2.75, 3.05) is 0 Å². The summed E-state index contributed by atoms with van der Waals surface area (Å²) in [6.07, 6.45) is 11.3. The first-order valence-electron chi connectivity index (χ1n) is 14.4. The Morgan fingerprint density at radius 1 is 1.00 bits per heavy atom. The molecule has 35 heavy (non-hydrogen) atoms. The number of aliphatic hydroxyl groups excluding tert-OH is 1. The van der Waals surface area contributed by atoms with E-state index >= 15 is 0 Å². The lowest BCUT2D eigenvalue weighted by molar-refractivity contribution is -0.167. The molecule has 0 saturated heterocycles. The molecular formula is C32H52O3. The Hall–Kier alpha value is -1.09. The number of carbonyl (C=O) groups excluding carboxylic acids is 1. The maximum atomic E-state index is 11.8. The molecule has 0 radical (unpaired) electrons. The Kier molecular flexibility index (Phi) is 6.96. The average Bonchev–Trinajstić information content (AvgIpc) is 3.05. The van der Waals surface area contributed by atoms with Gasteiger partial charge in [-0.15, -0.1) is 0 Å². The van der Waals surface area contributed by atoms with E-state index in [0.29, 0.717) is 17.3 Å². The van der Waals surface area contributed by atoms with Crippen LogP contribution in [0.5, 0.6) is 0 Å². The number of aliphatic hydroxyl groups is 1. The average molecular weight is 485 g/mol. The fraction of sp³-hybridized carbons (Fsp3) is 0.844. The maximum absolute atomic E-state index is 11.8. The van der Waals surface area contributed by atoms with E-state index in [1.807, 2.05) is 12.5 Å². The summed E-state index contributed by atoms with van der Waals surface area (Å²) in [6.45, 7) is 22.4. The molecule has 4 aliphatic carbocycles. The van der Waals surface area contributed by atoms with Gasteiger partial charge in [-0.2, -0.15) is 0 Å². The van der Waals surface area contributed by atoms with Crippen molar-refractivity contribution in [2.45, 2.75) is 132 Å². The van der Waals surface area contributed by atoms with Crippen molar-refractivity contribution in [3.8, 4) is 0 Å². The third kappa shape index (κ3) is 4.07. The summed E-state index contributed by atoms with van der Waals surface area (Å²) in [5.41, 5.74) is 5.36. The first kappa shape index (κ1) is 27.0. The highest BCUT2D eigenvalue weighted by Gasteiger charge is 2.63. The van der Waals surface area contributed by atoms with Gasteiger partial charge in [0.1, 0.15) is 6.10 Å². The van der Waals surface area contributed by atoms with E-state index in [1.54, 1.807) is 12.5 Å². The van der Waals surface area contributed by atoms with Crippen molar-refractivity contribution in [2.24, 2.45) is 39.4 Å². The minimum Gasteiger partial charge on any atom is -0.462 e. The Morgan fingerprint density at radius 3 is 2.31 bits per heavy atom. The summed E-state index contributed by atoms with van der Waals surface area (Å²) in [6, 6.07) is 0. The van der Waals surface area contributed by atoms with Crippen molar-refractivity contribution in [1.29, 1.82) is 0 Å². The number of hydrogen-bond acceptors (Lipinski definition) is 3. The maximum Gasteiger partial charge on any atom is 0.302 e. The molecular weight excluding hydrogens is 432 g/mol. The van der Waals surface area contributed by atoms with E-state index in [4.69, 9.17) is 4.74 Å². The number of esters is 1. The van der Waals surface area contributed by atoms with Gasteiger partial charge in [0.2, 0.25) is 0 Å². The first-order chi connectivity index (χ1) is 16.2. The van der Waals surface area contributed by atoms with Crippen LogP contribution in [-0.4, -0.2) is 23.3 Å². The van der Waals surface area contributed by atoms with Crippen molar-refractivity contribution >= 4 is 5.97 Å². The Bertz CT molecular complexity index is 898. The van der Waals surface area contributed by atoms with Crippen LogP contribution in [0.1, 0.15) is 120 Å². The van der Waals surface area contributed by atoms with Gasteiger partial charge in [-0.25, -0.2) is 0 Å². The van der Waals surface area contributed by atoms with Gasteiger partial charge in [0.05, 0.1) is 6.10 Å². The van der Waals surface area contributed by atoms with Gasteiger partial charge >= 0.3 is 5.97 Å². The zero-order chi connectivity index (χ0) is 26.0. The molecule has 0 aromatic rings. The molecule has 3 heteroatoms. The van der Waals surface area contributed by atoms with Crippen molar-refractivity contribution < 1.29 is 14.6 Å². The highest BCUT2D eigenvalue weighted by molar-refractivity contribution is 5.66. The van der Waals surface area contributed by atoms with Gasteiger partial charge in [0, 0.05) is 12.3 Å². The molecule has 0 heterocycles. The van der Waals surface area contributed by atoms with E-state index < -0.39 is 0 Å². The molecule has 0 aromatic carbocycles. The van der Waals surface area contributed by atoms with E-state index in [9.17, 15) is 9.90 Å². The topological polar surface area (TPSA) is 46.5 Å². The fourth-order valence-electron chi connectivity index (χ4n) is 9.90. The molecule has 0 unspecified atom stereocenters.